The van der Waals surface area contributed by atoms with E-state index in [4.69, 9.17) is 4.74 Å². The van der Waals surface area contributed by atoms with Gasteiger partial charge in [0.05, 0.1) is 0 Å². The van der Waals surface area contributed by atoms with Crippen LogP contribution in [0.1, 0.15) is 49.5 Å². The first kappa shape index (κ1) is 12.2. The number of fused-ring (bicyclic) bond motifs is 1. The number of rotatable bonds is 4. The Kier molecular flexibility index (Phi) is 3.51. The van der Waals surface area contributed by atoms with Gasteiger partial charge in [0.25, 0.3) is 0 Å². The van der Waals surface area contributed by atoms with E-state index in [9.17, 15) is 4.79 Å². The van der Waals surface area contributed by atoms with Crippen LogP contribution >= 0.6 is 0 Å². The number of carbonyl (C=O) groups is 1. The Balaban J connectivity index is 2.18. The van der Waals surface area contributed by atoms with Crippen LogP contribution in [0.3, 0.4) is 0 Å². The molecule has 1 aromatic rings. The van der Waals surface area contributed by atoms with Gasteiger partial charge in [-0.1, -0.05) is 20.3 Å². The van der Waals surface area contributed by atoms with Gasteiger partial charge in [-0.15, -0.1) is 0 Å². The van der Waals surface area contributed by atoms with Crippen LogP contribution in [0, 0.1) is 5.92 Å². The molecule has 1 heterocycles. The maximum absolute atomic E-state index is 12.2. The Morgan fingerprint density at radius 2 is 2.29 bits per heavy atom. The van der Waals surface area contributed by atoms with Gasteiger partial charge in [0, 0.05) is 17.9 Å². The predicted molar refractivity (Wildman–Crippen MR) is 68.6 cm³/mol. The number of benzene rings is 1. The Labute approximate surface area is 103 Å². The van der Waals surface area contributed by atoms with E-state index in [0.29, 0.717) is 0 Å². The molecule has 0 N–H and O–H groups in total. The molecular weight excluding hydrogens is 212 g/mol. The summed E-state index contributed by atoms with van der Waals surface area (Å²) < 4.78 is 5.64. The second kappa shape index (κ2) is 4.91. The second-order valence-electron chi connectivity index (χ2n) is 5.01. The summed E-state index contributed by atoms with van der Waals surface area (Å²) in [7, 11) is 0. The van der Waals surface area contributed by atoms with Gasteiger partial charge in [-0.3, -0.25) is 4.79 Å². The van der Waals surface area contributed by atoms with Crippen molar-refractivity contribution in [3.05, 3.63) is 29.3 Å². The van der Waals surface area contributed by atoms with Crippen LogP contribution in [0.5, 0.6) is 5.75 Å². The highest BCUT2D eigenvalue weighted by Gasteiger charge is 2.21. The van der Waals surface area contributed by atoms with Crippen molar-refractivity contribution in [3.8, 4) is 5.75 Å². The Bertz CT molecular complexity index is 423. The minimum absolute atomic E-state index is 0.123. The van der Waals surface area contributed by atoms with Gasteiger partial charge >= 0.3 is 0 Å². The van der Waals surface area contributed by atoms with Crippen LogP contribution in [0.15, 0.2) is 18.2 Å². The maximum Gasteiger partial charge on any atom is 0.165 e. The normalized spacial score (nSPS) is 19.6. The fourth-order valence-corrected chi connectivity index (χ4v) is 2.42. The highest BCUT2D eigenvalue weighted by Crippen LogP contribution is 2.30. The summed E-state index contributed by atoms with van der Waals surface area (Å²) in [6.07, 6.45) is 3.17. The standard InChI is InChI=1S/C15H20O2/c1-4-5-10(2)15(16)12-6-7-14-13(9-12)8-11(3)17-14/h6-7,9-11H,4-5,8H2,1-3H3. The molecular formula is C15H20O2. The number of ketones is 1. The van der Waals surface area contributed by atoms with E-state index in [1.54, 1.807) is 0 Å². The van der Waals surface area contributed by atoms with Crippen molar-refractivity contribution in [1.29, 1.82) is 0 Å². The summed E-state index contributed by atoms with van der Waals surface area (Å²) in [5, 5.41) is 0. The first-order valence-corrected chi connectivity index (χ1v) is 6.45. The van der Waals surface area contributed by atoms with Crippen molar-refractivity contribution in [2.24, 2.45) is 5.92 Å². The van der Waals surface area contributed by atoms with Gasteiger partial charge in [0.1, 0.15) is 11.9 Å². The SMILES string of the molecule is CCCC(C)C(=O)c1ccc2c(c1)CC(C)O2. The Morgan fingerprint density at radius 3 is 3.00 bits per heavy atom. The van der Waals surface area contributed by atoms with Crippen molar-refractivity contribution < 1.29 is 9.53 Å². The lowest BCUT2D eigenvalue weighted by atomic mass is 9.94. The minimum atomic E-state index is 0.123. The van der Waals surface area contributed by atoms with Crippen LogP contribution in [0.2, 0.25) is 0 Å². The monoisotopic (exact) mass is 232 g/mol. The lowest BCUT2D eigenvalue weighted by Crippen LogP contribution is -2.11. The number of Topliss-reactive ketones (excluding diaryl/α,β-unsaturated/α-hetero) is 1. The van der Waals surface area contributed by atoms with Crippen LogP contribution in [0.25, 0.3) is 0 Å². The molecule has 0 radical (unpaired) electrons. The summed E-state index contributed by atoms with van der Waals surface area (Å²) in [6.45, 7) is 6.18. The fourth-order valence-electron chi connectivity index (χ4n) is 2.42. The molecule has 0 aromatic heterocycles. The molecule has 2 atom stereocenters. The zero-order chi connectivity index (χ0) is 12.4. The molecule has 1 aromatic carbocycles. The molecule has 0 amide bonds. The number of carbonyl (C=O) groups excluding carboxylic acids is 1. The second-order valence-corrected chi connectivity index (χ2v) is 5.01. The van der Waals surface area contributed by atoms with Gasteiger partial charge < -0.3 is 4.74 Å². The smallest absolute Gasteiger partial charge is 0.165 e. The van der Waals surface area contributed by atoms with E-state index in [2.05, 4.69) is 13.8 Å². The van der Waals surface area contributed by atoms with Crippen LogP contribution in [0.4, 0.5) is 0 Å². The summed E-state index contributed by atoms with van der Waals surface area (Å²) in [6, 6.07) is 5.84. The summed E-state index contributed by atoms with van der Waals surface area (Å²) in [4.78, 5) is 12.2. The van der Waals surface area contributed by atoms with Crippen LogP contribution in [-0.4, -0.2) is 11.9 Å². The van der Waals surface area contributed by atoms with Gasteiger partial charge in [-0.2, -0.15) is 0 Å². The fraction of sp³-hybridized carbons (Fsp3) is 0.533. The first-order chi connectivity index (χ1) is 8.11. The highest BCUT2D eigenvalue weighted by atomic mass is 16.5. The molecule has 0 spiro atoms. The van der Waals surface area contributed by atoms with E-state index in [1.807, 2.05) is 25.1 Å². The third kappa shape index (κ3) is 2.51. The Hall–Kier alpha value is -1.31. The lowest BCUT2D eigenvalue weighted by molar-refractivity contribution is 0.0923. The van der Waals surface area contributed by atoms with Crippen molar-refractivity contribution in [1.82, 2.24) is 0 Å². The summed E-state index contributed by atoms with van der Waals surface area (Å²) in [5.74, 6) is 1.32. The third-order valence-corrected chi connectivity index (χ3v) is 3.35. The molecule has 2 heteroatoms. The van der Waals surface area contributed by atoms with E-state index in [0.717, 1.165) is 30.6 Å². The number of hydrogen-bond donors (Lipinski definition) is 0. The molecule has 0 fully saturated rings. The molecule has 1 aliphatic heterocycles. The zero-order valence-corrected chi connectivity index (χ0v) is 10.8. The van der Waals surface area contributed by atoms with Crippen molar-refractivity contribution in [2.75, 3.05) is 0 Å². The molecule has 0 saturated heterocycles. The lowest BCUT2D eigenvalue weighted by Gasteiger charge is -2.09. The van der Waals surface area contributed by atoms with E-state index in [-0.39, 0.29) is 17.8 Å². The van der Waals surface area contributed by atoms with E-state index >= 15 is 0 Å². The van der Waals surface area contributed by atoms with Crippen molar-refractivity contribution in [2.45, 2.75) is 46.1 Å². The number of ether oxygens (including phenoxy) is 1. The Morgan fingerprint density at radius 1 is 1.53 bits per heavy atom. The predicted octanol–water partition coefficient (Wildman–Crippen LogP) is 3.63. The molecule has 0 saturated carbocycles. The van der Waals surface area contributed by atoms with E-state index < -0.39 is 0 Å². The quantitative estimate of drug-likeness (QED) is 0.741. The van der Waals surface area contributed by atoms with Gasteiger partial charge in [-0.05, 0) is 37.1 Å². The van der Waals surface area contributed by atoms with Gasteiger partial charge in [-0.25, -0.2) is 0 Å². The van der Waals surface area contributed by atoms with Gasteiger partial charge in [0.2, 0.25) is 0 Å². The summed E-state index contributed by atoms with van der Waals surface area (Å²) in [5.41, 5.74) is 2.01. The van der Waals surface area contributed by atoms with Crippen molar-refractivity contribution in [3.63, 3.8) is 0 Å². The van der Waals surface area contributed by atoms with Crippen LogP contribution < -0.4 is 4.74 Å². The minimum Gasteiger partial charge on any atom is -0.490 e. The molecule has 92 valence electrons. The maximum atomic E-state index is 12.2. The topological polar surface area (TPSA) is 26.3 Å². The molecule has 0 bridgehead atoms. The molecule has 2 unspecified atom stereocenters. The highest BCUT2D eigenvalue weighted by molar-refractivity contribution is 5.98. The third-order valence-electron chi connectivity index (χ3n) is 3.35. The average Bonchev–Trinajstić information content (AvgIpc) is 2.67. The van der Waals surface area contributed by atoms with Gasteiger partial charge in [0.15, 0.2) is 5.78 Å². The molecule has 0 aliphatic carbocycles. The molecule has 17 heavy (non-hydrogen) atoms. The molecule has 2 rings (SSSR count). The summed E-state index contributed by atoms with van der Waals surface area (Å²) >= 11 is 0. The average molecular weight is 232 g/mol. The zero-order valence-electron chi connectivity index (χ0n) is 10.8. The van der Waals surface area contributed by atoms with E-state index in [1.165, 1.54) is 5.56 Å². The molecule has 1 aliphatic rings. The number of hydrogen-bond acceptors (Lipinski definition) is 2. The molecule has 2 nitrogen and oxygen atoms in total. The first-order valence-electron chi connectivity index (χ1n) is 6.45. The van der Waals surface area contributed by atoms with Crippen LogP contribution in [-0.2, 0) is 6.42 Å². The van der Waals surface area contributed by atoms with Crippen molar-refractivity contribution >= 4 is 5.78 Å². The largest absolute Gasteiger partial charge is 0.490 e.